The number of hydrogen-bond donors (Lipinski definition) is 1. The maximum atomic E-state index is 12.9. The summed E-state index contributed by atoms with van der Waals surface area (Å²) in [6.07, 6.45) is 1.48. The van der Waals surface area contributed by atoms with E-state index in [0.717, 1.165) is 50.2 Å². The van der Waals surface area contributed by atoms with Gasteiger partial charge in [0.2, 0.25) is 5.91 Å². The number of amides is 1. The van der Waals surface area contributed by atoms with Gasteiger partial charge in [0.15, 0.2) is 0 Å². The summed E-state index contributed by atoms with van der Waals surface area (Å²) in [6, 6.07) is 21.4. The molecule has 0 bridgehead atoms. The zero-order chi connectivity index (χ0) is 21.9. The molecule has 2 aliphatic rings. The topological polar surface area (TPSA) is 44.8 Å². The predicted molar refractivity (Wildman–Crippen MR) is 129 cm³/mol. The first-order chi connectivity index (χ1) is 15.7. The first-order valence-electron chi connectivity index (χ1n) is 11.6. The van der Waals surface area contributed by atoms with Gasteiger partial charge in [0.05, 0.1) is 25.7 Å². The van der Waals surface area contributed by atoms with Crippen molar-refractivity contribution in [1.29, 1.82) is 0 Å². The summed E-state index contributed by atoms with van der Waals surface area (Å²) in [5, 5.41) is 5.56. The van der Waals surface area contributed by atoms with E-state index in [1.165, 1.54) is 22.2 Å². The van der Waals surface area contributed by atoms with Crippen LogP contribution >= 0.6 is 0 Å². The average molecular weight is 430 g/mol. The highest BCUT2D eigenvalue weighted by atomic mass is 16.5. The second-order valence-corrected chi connectivity index (χ2v) is 8.84. The van der Waals surface area contributed by atoms with Gasteiger partial charge in [0, 0.05) is 38.9 Å². The molecule has 0 radical (unpaired) electrons. The Labute approximate surface area is 190 Å². The number of rotatable bonds is 6. The molecule has 3 aromatic rings. The molecule has 2 aliphatic heterocycles. The summed E-state index contributed by atoms with van der Waals surface area (Å²) in [7, 11) is 2.15. The van der Waals surface area contributed by atoms with Crippen LogP contribution in [0.15, 0.2) is 60.7 Å². The standard InChI is InChI=1S/C27H31N3O2/c1-29-12-11-23-17-22(9-10-25(23)29)26(30-13-15-32-16-14-30)19-28-27(31)18-21-7-4-6-20-5-2-3-8-24(20)21/h2-10,17,26H,11-16,18-19H2,1H3,(H,28,31)/t26-/m1/s1. The van der Waals surface area contributed by atoms with Crippen LogP contribution in [0, 0.1) is 0 Å². The van der Waals surface area contributed by atoms with Crippen LogP contribution in [0.1, 0.15) is 22.7 Å². The number of hydrogen-bond acceptors (Lipinski definition) is 4. The summed E-state index contributed by atoms with van der Waals surface area (Å²) in [6.45, 7) is 4.95. The summed E-state index contributed by atoms with van der Waals surface area (Å²) in [4.78, 5) is 17.7. The lowest BCUT2D eigenvalue weighted by Gasteiger charge is -2.35. The minimum atomic E-state index is 0.0699. The van der Waals surface area contributed by atoms with Crippen LogP contribution in [-0.2, 0) is 22.4 Å². The summed E-state index contributed by atoms with van der Waals surface area (Å²) >= 11 is 0. The number of carbonyl (C=O) groups is 1. The van der Waals surface area contributed by atoms with Crippen molar-refractivity contribution in [1.82, 2.24) is 10.2 Å². The molecule has 5 rings (SSSR count). The Hall–Kier alpha value is -2.89. The van der Waals surface area contributed by atoms with Crippen molar-refractivity contribution in [2.45, 2.75) is 18.9 Å². The Morgan fingerprint density at radius 3 is 2.72 bits per heavy atom. The van der Waals surface area contributed by atoms with Crippen molar-refractivity contribution in [3.8, 4) is 0 Å². The maximum Gasteiger partial charge on any atom is 0.224 e. The van der Waals surface area contributed by atoms with Gasteiger partial charge in [0.1, 0.15) is 0 Å². The van der Waals surface area contributed by atoms with Crippen LogP contribution < -0.4 is 10.2 Å². The van der Waals surface area contributed by atoms with E-state index in [1.54, 1.807) is 0 Å². The molecular formula is C27H31N3O2. The molecule has 1 fully saturated rings. The van der Waals surface area contributed by atoms with Gasteiger partial charge in [-0.15, -0.1) is 0 Å². The minimum Gasteiger partial charge on any atom is -0.379 e. The molecule has 0 aliphatic carbocycles. The molecule has 0 aromatic heterocycles. The Bertz CT molecular complexity index is 1100. The van der Waals surface area contributed by atoms with Gasteiger partial charge < -0.3 is 15.0 Å². The highest BCUT2D eigenvalue weighted by Crippen LogP contribution is 2.31. The minimum absolute atomic E-state index is 0.0699. The fourth-order valence-electron chi connectivity index (χ4n) is 5.03. The molecule has 0 unspecified atom stereocenters. The fourth-order valence-corrected chi connectivity index (χ4v) is 5.03. The zero-order valence-corrected chi connectivity index (χ0v) is 18.7. The monoisotopic (exact) mass is 429 g/mol. The molecule has 0 spiro atoms. The third kappa shape index (κ3) is 4.36. The van der Waals surface area contributed by atoms with E-state index < -0.39 is 0 Å². The number of nitrogens with one attached hydrogen (secondary N) is 1. The van der Waals surface area contributed by atoms with Crippen LogP contribution in [-0.4, -0.2) is 57.2 Å². The second-order valence-electron chi connectivity index (χ2n) is 8.84. The highest BCUT2D eigenvalue weighted by Gasteiger charge is 2.25. The number of benzene rings is 3. The third-order valence-corrected chi connectivity index (χ3v) is 6.83. The van der Waals surface area contributed by atoms with E-state index in [-0.39, 0.29) is 11.9 Å². The van der Waals surface area contributed by atoms with Crippen molar-refractivity contribution in [3.63, 3.8) is 0 Å². The molecule has 1 amide bonds. The molecular weight excluding hydrogens is 398 g/mol. The number of nitrogens with zero attached hydrogens (tertiary/aromatic N) is 2. The van der Waals surface area contributed by atoms with Gasteiger partial charge in [-0.1, -0.05) is 54.6 Å². The van der Waals surface area contributed by atoms with E-state index in [2.05, 4.69) is 64.6 Å². The summed E-state index contributed by atoms with van der Waals surface area (Å²) in [5.74, 6) is 0.0699. The van der Waals surface area contributed by atoms with E-state index in [9.17, 15) is 4.79 Å². The van der Waals surface area contributed by atoms with Crippen molar-refractivity contribution >= 4 is 22.4 Å². The second kappa shape index (κ2) is 9.31. The van der Waals surface area contributed by atoms with E-state index in [0.29, 0.717) is 13.0 Å². The van der Waals surface area contributed by atoms with Gasteiger partial charge >= 0.3 is 0 Å². The van der Waals surface area contributed by atoms with Gasteiger partial charge in [-0.3, -0.25) is 9.69 Å². The van der Waals surface area contributed by atoms with Crippen LogP contribution in [0.4, 0.5) is 5.69 Å². The van der Waals surface area contributed by atoms with Gasteiger partial charge in [0.25, 0.3) is 0 Å². The smallest absolute Gasteiger partial charge is 0.224 e. The summed E-state index contributed by atoms with van der Waals surface area (Å²) < 4.78 is 5.58. The largest absolute Gasteiger partial charge is 0.379 e. The van der Waals surface area contributed by atoms with E-state index in [1.807, 2.05) is 18.2 Å². The van der Waals surface area contributed by atoms with Crippen LogP contribution in [0.25, 0.3) is 10.8 Å². The average Bonchev–Trinajstić information content (AvgIpc) is 3.20. The predicted octanol–water partition coefficient (Wildman–Crippen LogP) is 3.56. The highest BCUT2D eigenvalue weighted by molar-refractivity contribution is 5.90. The molecule has 1 atom stereocenters. The van der Waals surface area contributed by atoms with Gasteiger partial charge in [-0.2, -0.15) is 0 Å². The molecule has 5 nitrogen and oxygen atoms in total. The molecule has 1 N–H and O–H groups in total. The normalized spacial score (nSPS) is 17.3. The first-order valence-corrected chi connectivity index (χ1v) is 11.6. The van der Waals surface area contributed by atoms with Gasteiger partial charge in [-0.25, -0.2) is 0 Å². The molecule has 1 saturated heterocycles. The number of fused-ring (bicyclic) bond motifs is 2. The Balaban J connectivity index is 1.32. The Kier molecular flexibility index (Phi) is 6.10. The van der Waals surface area contributed by atoms with Crippen LogP contribution in [0.5, 0.6) is 0 Å². The van der Waals surface area contributed by atoms with Crippen molar-refractivity contribution < 1.29 is 9.53 Å². The van der Waals surface area contributed by atoms with Crippen molar-refractivity contribution in [3.05, 3.63) is 77.4 Å². The number of morpholine rings is 1. The van der Waals surface area contributed by atoms with E-state index in [4.69, 9.17) is 4.74 Å². The number of ether oxygens (including phenoxy) is 1. The van der Waals surface area contributed by atoms with E-state index >= 15 is 0 Å². The zero-order valence-electron chi connectivity index (χ0n) is 18.7. The first kappa shape index (κ1) is 21.0. The lowest BCUT2D eigenvalue weighted by molar-refractivity contribution is -0.120. The van der Waals surface area contributed by atoms with Crippen LogP contribution in [0.3, 0.4) is 0 Å². The maximum absolute atomic E-state index is 12.9. The molecule has 3 aromatic carbocycles. The molecule has 32 heavy (non-hydrogen) atoms. The molecule has 5 heteroatoms. The Morgan fingerprint density at radius 2 is 1.84 bits per heavy atom. The summed E-state index contributed by atoms with van der Waals surface area (Å²) in [5.41, 5.74) is 5.09. The molecule has 2 heterocycles. The number of likely N-dealkylation sites (N-methyl/N-ethyl adjacent to an activating group) is 1. The number of anilines is 1. The molecule has 0 saturated carbocycles. The fraction of sp³-hybridized carbons (Fsp3) is 0.370. The van der Waals surface area contributed by atoms with Crippen molar-refractivity contribution in [2.75, 3.05) is 51.3 Å². The van der Waals surface area contributed by atoms with Crippen molar-refractivity contribution in [2.24, 2.45) is 0 Å². The third-order valence-electron chi connectivity index (χ3n) is 6.83. The van der Waals surface area contributed by atoms with Gasteiger partial charge in [-0.05, 0) is 39.9 Å². The van der Waals surface area contributed by atoms with Crippen LogP contribution in [0.2, 0.25) is 0 Å². The number of carbonyl (C=O) groups excluding carboxylic acids is 1. The quantitative estimate of drug-likeness (QED) is 0.651. The molecule has 166 valence electrons. The SMILES string of the molecule is CN1CCc2cc([C@@H](CNC(=O)Cc3cccc4ccccc34)N3CCOCC3)ccc21. The lowest BCUT2D eigenvalue weighted by Crippen LogP contribution is -2.44. The lowest BCUT2D eigenvalue weighted by atomic mass is 10.00. The Morgan fingerprint density at radius 1 is 1.03 bits per heavy atom.